The average Bonchev–Trinajstić information content (AvgIpc) is 2.41. The van der Waals surface area contributed by atoms with Gasteiger partial charge < -0.3 is 10.5 Å². The van der Waals surface area contributed by atoms with Crippen molar-refractivity contribution in [2.75, 3.05) is 12.8 Å². The molecule has 0 aliphatic rings. The predicted molar refractivity (Wildman–Crippen MR) is 78.1 cm³/mol. The van der Waals surface area contributed by atoms with Gasteiger partial charge in [0, 0.05) is 17.0 Å². The molecule has 2 aromatic carbocycles. The lowest BCUT2D eigenvalue weighted by Crippen LogP contribution is -1.93. The minimum atomic E-state index is 0.378. The normalized spacial score (nSPS) is 12.1. The molecule has 0 aromatic heterocycles. The summed E-state index contributed by atoms with van der Waals surface area (Å²) in [6.07, 6.45) is 0. The zero-order valence-corrected chi connectivity index (χ0v) is 11.4. The van der Waals surface area contributed by atoms with E-state index in [9.17, 15) is 0 Å². The van der Waals surface area contributed by atoms with Crippen LogP contribution in [0.4, 0.5) is 5.69 Å². The Morgan fingerprint density at radius 1 is 1.11 bits per heavy atom. The highest BCUT2D eigenvalue weighted by molar-refractivity contribution is 7.99. The Kier molecular flexibility index (Phi) is 4.15. The molecule has 0 saturated carbocycles. The number of anilines is 1. The first-order chi connectivity index (χ1) is 8.70. The maximum atomic E-state index is 5.76. The molecule has 3 heteroatoms. The fourth-order valence-corrected chi connectivity index (χ4v) is 2.84. The summed E-state index contributed by atoms with van der Waals surface area (Å²) in [4.78, 5) is 1.11. The van der Waals surface area contributed by atoms with Crippen molar-refractivity contribution in [1.29, 1.82) is 0 Å². The van der Waals surface area contributed by atoms with Crippen molar-refractivity contribution in [2.45, 2.75) is 17.1 Å². The minimum absolute atomic E-state index is 0.378. The molecule has 0 saturated heterocycles. The van der Waals surface area contributed by atoms with Gasteiger partial charge in [-0.3, -0.25) is 0 Å². The minimum Gasteiger partial charge on any atom is -0.496 e. The van der Waals surface area contributed by atoms with E-state index in [4.69, 9.17) is 10.5 Å². The Morgan fingerprint density at radius 3 is 2.50 bits per heavy atom. The quantitative estimate of drug-likeness (QED) is 0.662. The van der Waals surface area contributed by atoms with Gasteiger partial charge in [0.15, 0.2) is 0 Å². The third kappa shape index (κ3) is 2.99. The summed E-state index contributed by atoms with van der Waals surface area (Å²) in [5.41, 5.74) is 7.79. The number of methoxy groups -OCH3 is 1. The molecule has 18 heavy (non-hydrogen) atoms. The number of nitrogens with two attached hydrogens (primary N) is 1. The fraction of sp³-hybridized carbons (Fsp3) is 0.200. The topological polar surface area (TPSA) is 35.2 Å². The highest BCUT2D eigenvalue weighted by Gasteiger charge is 2.10. The third-order valence-corrected chi connectivity index (χ3v) is 3.98. The molecule has 1 atom stereocenters. The largest absolute Gasteiger partial charge is 0.496 e. The van der Waals surface area contributed by atoms with Gasteiger partial charge in [0.25, 0.3) is 0 Å². The van der Waals surface area contributed by atoms with Crippen molar-refractivity contribution in [3.8, 4) is 5.75 Å². The first kappa shape index (κ1) is 12.8. The molecule has 2 aromatic rings. The summed E-state index contributed by atoms with van der Waals surface area (Å²) in [7, 11) is 1.67. The zero-order chi connectivity index (χ0) is 13.0. The number of hydrogen-bond donors (Lipinski definition) is 1. The summed E-state index contributed by atoms with van der Waals surface area (Å²) < 4.78 is 5.36. The lowest BCUT2D eigenvalue weighted by Gasteiger charge is -2.14. The van der Waals surface area contributed by atoms with Crippen LogP contribution >= 0.6 is 11.8 Å². The molecular formula is C15H17NOS. The Morgan fingerprint density at radius 2 is 1.83 bits per heavy atom. The van der Waals surface area contributed by atoms with Gasteiger partial charge >= 0.3 is 0 Å². The van der Waals surface area contributed by atoms with Crippen LogP contribution in [0.15, 0.2) is 53.4 Å². The van der Waals surface area contributed by atoms with E-state index in [2.05, 4.69) is 31.2 Å². The highest BCUT2D eigenvalue weighted by atomic mass is 32.2. The standard InChI is InChI=1S/C15H17NOS/c1-11(12-6-4-3-5-7-12)18-15-9-8-13(16)10-14(15)17-2/h3-11H,16H2,1-2H3. The monoisotopic (exact) mass is 259 g/mol. The average molecular weight is 259 g/mol. The number of hydrogen-bond acceptors (Lipinski definition) is 3. The van der Waals surface area contributed by atoms with Crippen molar-refractivity contribution in [1.82, 2.24) is 0 Å². The van der Waals surface area contributed by atoms with Crippen LogP contribution in [0.25, 0.3) is 0 Å². The van der Waals surface area contributed by atoms with E-state index in [1.165, 1.54) is 5.56 Å². The van der Waals surface area contributed by atoms with Gasteiger partial charge in [-0.1, -0.05) is 30.3 Å². The van der Waals surface area contributed by atoms with Crippen LogP contribution in [-0.2, 0) is 0 Å². The third-order valence-electron chi connectivity index (χ3n) is 2.76. The summed E-state index contributed by atoms with van der Waals surface area (Å²) in [5.74, 6) is 0.836. The number of thioether (sulfide) groups is 1. The first-order valence-corrected chi connectivity index (χ1v) is 6.74. The number of rotatable bonds is 4. The van der Waals surface area contributed by atoms with Gasteiger partial charge in [0.2, 0.25) is 0 Å². The smallest absolute Gasteiger partial charge is 0.134 e. The van der Waals surface area contributed by atoms with Crippen LogP contribution < -0.4 is 10.5 Å². The fourth-order valence-electron chi connectivity index (χ4n) is 1.76. The summed E-state index contributed by atoms with van der Waals surface area (Å²) in [6, 6.07) is 16.2. The SMILES string of the molecule is COc1cc(N)ccc1SC(C)c1ccccc1. The van der Waals surface area contributed by atoms with Crippen LogP contribution in [0.2, 0.25) is 0 Å². The Labute approximate surface area is 112 Å². The number of ether oxygens (including phenoxy) is 1. The lowest BCUT2D eigenvalue weighted by atomic mass is 10.2. The van der Waals surface area contributed by atoms with Crippen molar-refractivity contribution < 1.29 is 4.74 Å². The van der Waals surface area contributed by atoms with Gasteiger partial charge in [0.05, 0.1) is 12.0 Å². The van der Waals surface area contributed by atoms with Crippen molar-refractivity contribution in [3.05, 3.63) is 54.1 Å². The molecule has 0 spiro atoms. The number of nitrogen functional groups attached to an aromatic ring is 1. The Bertz CT molecular complexity index is 513. The van der Waals surface area contributed by atoms with E-state index in [0.29, 0.717) is 5.25 Å². The Balaban J connectivity index is 2.19. The molecule has 0 amide bonds. The predicted octanol–water partition coefficient (Wildman–Crippen LogP) is 4.13. The van der Waals surface area contributed by atoms with E-state index in [0.717, 1.165) is 16.3 Å². The van der Waals surface area contributed by atoms with Gasteiger partial charge in [-0.2, -0.15) is 0 Å². The molecule has 0 heterocycles. The summed E-state index contributed by atoms with van der Waals surface area (Å²) in [5, 5.41) is 0.378. The first-order valence-electron chi connectivity index (χ1n) is 5.86. The molecule has 2 N–H and O–H groups in total. The van der Waals surface area contributed by atoms with Crippen LogP contribution in [0, 0.1) is 0 Å². The second kappa shape index (κ2) is 5.83. The molecular weight excluding hydrogens is 242 g/mol. The van der Waals surface area contributed by atoms with Gasteiger partial charge in [-0.25, -0.2) is 0 Å². The molecule has 2 rings (SSSR count). The Hall–Kier alpha value is -1.61. The number of benzene rings is 2. The second-order valence-corrected chi connectivity index (χ2v) is 5.46. The van der Waals surface area contributed by atoms with Crippen molar-refractivity contribution in [3.63, 3.8) is 0 Å². The summed E-state index contributed by atoms with van der Waals surface area (Å²) >= 11 is 1.78. The van der Waals surface area contributed by atoms with E-state index in [1.54, 1.807) is 18.9 Å². The van der Waals surface area contributed by atoms with Crippen LogP contribution in [-0.4, -0.2) is 7.11 Å². The molecule has 94 valence electrons. The van der Waals surface area contributed by atoms with Crippen molar-refractivity contribution >= 4 is 17.4 Å². The van der Waals surface area contributed by atoms with E-state index >= 15 is 0 Å². The maximum absolute atomic E-state index is 5.76. The maximum Gasteiger partial charge on any atom is 0.134 e. The molecule has 0 bridgehead atoms. The molecule has 0 aliphatic heterocycles. The van der Waals surface area contributed by atoms with Crippen LogP contribution in [0.1, 0.15) is 17.7 Å². The van der Waals surface area contributed by atoms with Crippen LogP contribution in [0.5, 0.6) is 5.75 Å². The molecule has 0 radical (unpaired) electrons. The van der Waals surface area contributed by atoms with Gasteiger partial charge in [-0.05, 0) is 24.6 Å². The van der Waals surface area contributed by atoms with E-state index in [1.807, 2.05) is 24.3 Å². The summed E-state index contributed by atoms with van der Waals surface area (Å²) in [6.45, 7) is 2.19. The zero-order valence-electron chi connectivity index (χ0n) is 10.6. The van der Waals surface area contributed by atoms with E-state index in [-0.39, 0.29) is 0 Å². The lowest BCUT2D eigenvalue weighted by molar-refractivity contribution is 0.405. The molecule has 2 nitrogen and oxygen atoms in total. The van der Waals surface area contributed by atoms with Crippen LogP contribution in [0.3, 0.4) is 0 Å². The molecule has 1 unspecified atom stereocenters. The van der Waals surface area contributed by atoms with Gasteiger partial charge in [0.1, 0.15) is 5.75 Å². The molecule has 0 fully saturated rings. The van der Waals surface area contributed by atoms with Gasteiger partial charge in [-0.15, -0.1) is 11.8 Å². The van der Waals surface area contributed by atoms with Crippen molar-refractivity contribution in [2.24, 2.45) is 0 Å². The molecule has 0 aliphatic carbocycles. The highest BCUT2D eigenvalue weighted by Crippen LogP contribution is 2.40. The van der Waals surface area contributed by atoms with E-state index < -0.39 is 0 Å². The second-order valence-electron chi connectivity index (χ2n) is 4.08.